The Morgan fingerprint density at radius 2 is 1.32 bits per heavy atom. The molecule has 2 fully saturated rings. The van der Waals surface area contributed by atoms with Crippen molar-refractivity contribution < 1.29 is 52.2 Å². The third-order valence-electron chi connectivity index (χ3n) is 12.4. The summed E-state index contributed by atoms with van der Waals surface area (Å²) in [7, 11) is 1.62. The molecular weight excluding hydrogens is 909 g/mol. The number of nitrogens with two attached hydrogens (primary N) is 2. The molecule has 0 saturated carbocycles. The largest absolute Gasteiger partial charge is 0.483 e. The molecule has 18 heteroatoms. The molecule has 2 heterocycles. The molecule has 0 radical (unpaired) electrons. The predicted octanol–water partition coefficient (Wildman–Crippen LogP) is 3.21. The molecule has 2 aliphatic rings. The fourth-order valence-electron chi connectivity index (χ4n) is 8.62. The molecule has 0 unspecified atom stereocenters. The van der Waals surface area contributed by atoms with E-state index in [1.165, 1.54) is 18.1 Å². The SMILES string of the molecule is CC(=O)Oc1ccc(C[N+]2(CC(=O)N[C@@H](CCc3ccccc3)C(=O)N[C@@H](CC(C)C)C(=O)N[C@@H](Cc3ccccc3)C(=O)N[C@@H](CC(C)C)C(=O)[C@@]3(C)CO3)CCOCC2)cc1OC/C(N)=C/N(C)N. The van der Waals surface area contributed by atoms with Crippen LogP contribution in [0.3, 0.4) is 0 Å². The maximum atomic E-state index is 14.6. The minimum absolute atomic E-state index is 0.00332. The van der Waals surface area contributed by atoms with Crippen LogP contribution in [0.25, 0.3) is 0 Å². The van der Waals surface area contributed by atoms with Crippen LogP contribution in [-0.4, -0.2) is 128 Å². The van der Waals surface area contributed by atoms with E-state index in [-0.39, 0.29) is 78.5 Å². The van der Waals surface area contributed by atoms with Gasteiger partial charge in [-0.15, -0.1) is 0 Å². The molecule has 8 N–H and O–H groups in total. The maximum Gasteiger partial charge on any atom is 0.308 e. The molecule has 0 spiro atoms. The predicted molar refractivity (Wildman–Crippen MR) is 268 cm³/mol. The van der Waals surface area contributed by atoms with E-state index >= 15 is 0 Å². The smallest absolute Gasteiger partial charge is 0.308 e. The highest BCUT2D eigenvalue weighted by atomic mass is 16.6. The normalized spacial score (nSPS) is 18.0. The molecule has 3 aromatic carbocycles. The number of nitrogens with one attached hydrogen (secondary N) is 4. The number of rotatable bonds is 27. The Kier molecular flexibility index (Phi) is 20.5. The molecule has 2 aliphatic heterocycles. The number of benzene rings is 3. The first-order valence-electron chi connectivity index (χ1n) is 24.5. The van der Waals surface area contributed by atoms with E-state index in [1.54, 1.807) is 26.1 Å². The number of ether oxygens (including phenoxy) is 4. The van der Waals surface area contributed by atoms with Crippen LogP contribution in [0, 0.1) is 11.8 Å². The van der Waals surface area contributed by atoms with Crippen LogP contribution < -0.4 is 42.3 Å². The molecule has 0 aromatic heterocycles. The summed E-state index contributed by atoms with van der Waals surface area (Å²) < 4.78 is 22.9. The van der Waals surface area contributed by atoms with Gasteiger partial charge in [0.25, 0.3) is 5.91 Å². The number of aryl methyl sites for hydroxylation is 1. The Labute approximate surface area is 418 Å². The Hall–Kier alpha value is -6.34. The molecule has 4 amide bonds. The van der Waals surface area contributed by atoms with Gasteiger partial charge in [-0.05, 0) is 73.8 Å². The van der Waals surface area contributed by atoms with E-state index in [9.17, 15) is 28.8 Å². The summed E-state index contributed by atoms with van der Waals surface area (Å²) in [6.07, 6.45) is 2.92. The Morgan fingerprint density at radius 3 is 1.92 bits per heavy atom. The minimum atomic E-state index is -1.09. The quantitative estimate of drug-likeness (QED) is 0.0161. The van der Waals surface area contributed by atoms with Crippen LogP contribution in [0.15, 0.2) is 90.8 Å². The molecule has 386 valence electrons. The number of Topliss-reactive ketones (excluding diaryl/α,β-unsaturated/α-hetero) is 1. The number of ketones is 1. The van der Waals surface area contributed by atoms with Crippen molar-refractivity contribution in [3.8, 4) is 11.5 Å². The summed E-state index contributed by atoms with van der Waals surface area (Å²) in [5.74, 6) is 3.42. The number of nitrogens with zero attached hydrogens (tertiary/aromatic N) is 2. The zero-order chi connectivity index (χ0) is 51.7. The standard InChI is InChI=1S/C53H74N8O10/c1-35(2)26-43(49(64)53(6)34-70-53)57-52(67)45(28-39-16-12-9-13-17-39)59-51(66)44(27-36(3)4)58-50(65)42(20-18-38-14-10-8-11-15-38)56-48(63)32-61(22-24-68-25-23-61)31-40-19-21-46(71-37(5)62)47(29-40)69-33-41(54)30-60(7)55/h8-17,19,21,29-30,35-36,42-45H,18,20,22-28,31-34,54-55H2,1-7H3,(H3-,56,57,58,59,63,65,66,67)/p+1/b41-30-/t42-,43-,44-,45-,53+/m0/s1. The average molecular weight is 984 g/mol. The van der Waals surface area contributed by atoms with Crippen molar-refractivity contribution in [3.05, 3.63) is 107 Å². The van der Waals surface area contributed by atoms with E-state index in [2.05, 4.69) is 21.3 Å². The van der Waals surface area contributed by atoms with Crippen LogP contribution in [0.1, 0.15) is 77.5 Å². The molecule has 18 nitrogen and oxygen atoms in total. The number of esters is 1. The molecule has 0 aliphatic carbocycles. The summed E-state index contributed by atoms with van der Waals surface area (Å²) in [4.78, 5) is 83.1. The molecular formula is C53H75N8O10+. The first-order valence-corrected chi connectivity index (χ1v) is 24.5. The van der Waals surface area contributed by atoms with Gasteiger partial charge in [-0.3, -0.25) is 28.8 Å². The van der Waals surface area contributed by atoms with Gasteiger partial charge in [-0.25, -0.2) is 5.84 Å². The first kappa shape index (κ1) is 55.6. The van der Waals surface area contributed by atoms with Crippen LogP contribution in [0.5, 0.6) is 11.5 Å². The van der Waals surface area contributed by atoms with Gasteiger partial charge < -0.3 is 55.4 Å². The van der Waals surface area contributed by atoms with E-state index in [4.69, 9.17) is 30.5 Å². The molecule has 5 rings (SSSR count). The summed E-state index contributed by atoms with van der Waals surface area (Å²) in [5, 5.41) is 13.1. The number of hydrogen-bond donors (Lipinski definition) is 6. The second-order valence-corrected chi connectivity index (χ2v) is 19.9. The van der Waals surface area contributed by atoms with Gasteiger partial charge in [0.05, 0.1) is 31.6 Å². The lowest BCUT2D eigenvalue weighted by atomic mass is 9.93. The lowest BCUT2D eigenvalue weighted by Gasteiger charge is -2.41. The lowest BCUT2D eigenvalue weighted by molar-refractivity contribution is -0.940. The Balaban J connectivity index is 1.37. The maximum absolute atomic E-state index is 14.6. The number of amides is 4. The van der Waals surface area contributed by atoms with Crippen molar-refractivity contribution >= 4 is 35.4 Å². The van der Waals surface area contributed by atoms with E-state index in [0.29, 0.717) is 51.4 Å². The Bertz CT molecular complexity index is 2300. The average Bonchev–Trinajstić information content (AvgIpc) is 4.07. The number of hydrazine groups is 1. The number of epoxide rings is 1. The lowest BCUT2D eigenvalue weighted by Crippen LogP contribution is -2.61. The summed E-state index contributed by atoms with van der Waals surface area (Å²) in [5.41, 5.74) is 7.99. The zero-order valence-electron chi connectivity index (χ0n) is 42.4. The van der Waals surface area contributed by atoms with Crippen LogP contribution in [0.4, 0.5) is 0 Å². The van der Waals surface area contributed by atoms with Crippen molar-refractivity contribution in [3.63, 3.8) is 0 Å². The highest BCUT2D eigenvalue weighted by Crippen LogP contribution is 2.32. The molecule has 5 atom stereocenters. The molecule has 71 heavy (non-hydrogen) atoms. The van der Waals surface area contributed by atoms with Crippen molar-refractivity contribution in [2.45, 2.75) is 110 Å². The topological polar surface area (TPSA) is 246 Å². The minimum Gasteiger partial charge on any atom is -0.483 e. The molecule has 2 saturated heterocycles. The van der Waals surface area contributed by atoms with Gasteiger partial charge in [0.1, 0.15) is 50.0 Å². The highest BCUT2D eigenvalue weighted by Gasteiger charge is 2.50. The molecule has 3 aromatic rings. The van der Waals surface area contributed by atoms with Crippen molar-refractivity contribution in [1.82, 2.24) is 26.3 Å². The van der Waals surface area contributed by atoms with Crippen molar-refractivity contribution in [2.75, 3.05) is 53.1 Å². The fraction of sp³-hybridized carbons (Fsp3) is 0.509. The van der Waals surface area contributed by atoms with Crippen LogP contribution in [-0.2, 0) is 57.6 Å². The van der Waals surface area contributed by atoms with Crippen molar-refractivity contribution in [2.24, 2.45) is 23.4 Å². The first-order chi connectivity index (χ1) is 33.7. The summed E-state index contributed by atoms with van der Waals surface area (Å²) in [6.45, 7) is 13.1. The van der Waals surface area contributed by atoms with Crippen LogP contribution >= 0.6 is 0 Å². The molecule has 0 bridgehead atoms. The number of carbonyl (C=O) groups is 6. The summed E-state index contributed by atoms with van der Waals surface area (Å²) >= 11 is 0. The Morgan fingerprint density at radius 1 is 0.761 bits per heavy atom. The number of morpholine rings is 1. The zero-order valence-corrected chi connectivity index (χ0v) is 42.4. The van der Waals surface area contributed by atoms with E-state index in [0.717, 1.165) is 16.7 Å². The number of quaternary nitrogens is 1. The van der Waals surface area contributed by atoms with Gasteiger partial charge in [0.15, 0.2) is 23.8 Å². The van der Waals surface area contributed by atoms with Gasteiger partial charge >= 0.3 is 5.97 Å². The number of hydrogen-bond acceptors (Lipinski definition) is 13. The second kappa shape index (κ2) is 26.2. The highest BCUT2D eigenvalue weighted by molar-refractivity contribution is 5.99. The third kappa shape index (κ3) is 18.1. The van der Waals surface area contributed by atoms with E-state index in [1.807, 2.05) is 94.4 Å². The van der Waals surface area contributed by atoms with Gasteiger partial charge in [-0.2, -0.15) is 0 Å². The van der Waals surface area contributed by atoms with Gasteiger partial charge in [-0.1, -0.05) is 88.4 Å². The third-order valence-corrected chi connectivity index (χ3v) is 12.4. The van der Waals surface area contributed by atoms with Crippen LogP contribution in [0.2, 0.25) is 0 Å². The van der Waals surface area contributed by atoms with Gasteiger partial charge in [0, 0.05) is 32.2 Å². The van der Waals surface area contributed by atoms with Crippen molar-refractivity contribution in [1.29, 1.82) is 0 Å². The second-order valence-electron chi connectivity index (χ2n) is 19.9. The van der Waals surface area contributed by atoms with E-state index < -0.39 is 53.5 Å². The number of carbonyl (C=O) groups excluding carboxylic acids is 6. The monoisotopic (exact) mass is 984 g/mol. The van der Waals surface area contributed by atoms with Gasteiger partial charge in [0.2, 0.25) is 17.7 Å². The fourth-order valence-corrected chi connectivity index (χ4v) is 8.62. The summed E-state index contributed by atoms with van der Waals surface area (Å²) in [6, 6.07) is 20.0.